The van der Waals surface area contributed by atoms with Crippen molar-refractivity contribution in [2.75, 3.05) is 25.0 Å². The summed E-state index contributed by atoms with van der Waals surface area (Å²) in [5.41, 5.74) is 3.43. The minimum absolute atomic E-state index is 0.0650. The van der Waals surface area contributed by atoms with Crippen LogP contribution in [0.1, 0.15) is 29.2 Å². The zero-order chi connectivity index (χ0) is 24.6. The number of anilines is 1. The Kier molecular flexibility index (Phi) is 6.52. The van der Waals surface area contributed by atoms with Gasteiger partial charge in [0.2, 0.25) is 0 Å². The Morgan fingerprint density at radius 2 is 1.86 bits per heavy atom. The molecule has 186 valence electrons. The molecule has 1 saturated heterocycles. The van der Waals surface area contributed by atoms with E-state index in [4.69, 9.17) is 5.10 Å². The highest BCUT2D eigenvalue weighted by Crippen LogP contribution is 2.33. The van der Waals surface area contributed by atoms with Gasteiger partial charge in [-0.25, -0.2) is 9.07 Å². The van der Waals surface area contributed by atoms with Crippen molar-refractivity contribution in [3.8, 4) is 5.69 Å². The second kappa shape index (κ2) is 9.60. The minimum Gasteiger partial charge on any atom is -0.361 e. The number of alkyl halides is 3. The highest BCUT2D eigenvalue weighted by molar-refractivity contribution is 5.55. The summed E-state index contributed by atoms with van der Waals surface area (Å²) in [5.74, 6) is -0.207. The first-order valence-electron chi connectivity index (χ1n) is 11.7. The number of aliphatic hydroxyl groups is 1. The summed E-state index contributed by atoms with van der Waals surface area (Å²) in [6.45, 7) is -0.894. The Balaban J connectivity index is 1.37. The zero-order valence-corrected chi connectivity index (χ0v) is 19.0. The van der Waals surface area contributed by atoms with Crippen LogP contribution in [0.2, 0.25) is 0 Å². The fourth-order valence-electron chi connectivity index (χ4n) is 5.18. The first-order valence-corrected chi connectivity index (χ1v) is 11.7. The van der Waals surface area contributed by atoms with Gasteiger partial charge in [-0.1, -0.05) is 30.3 Å². The number of hydrogen-bond donors (Lipinski definition) is 3. The van der Waals surface area contributed by atoms with E-state index in [1.165, 1.54) is 17.0 Å². The Morgan fingerprint density at radius 1 is 1.06 bits per heavy atom. The second-order valence-corrected chi connectivity index (χ2v) is 9.17. The molecule has 0 bridgehead atoms. The number of hydrogen-bond acceptors (Lipinski definition) is 5. The molecule has 3 atom stereocenters. The summed E-state index contributed by atoms with van der Waals surface area (Å²) in [6, 6.07) is 14.9. The lowest BCUT2D eigenvalue weighted by molar-refractivity contribution is -0.143. The quantitative estimate of drug-likeness (QED) is 0.348. The van der Waals surface area contributed by atoms with Crippen LogP contribution in [-0.2, 0) is 12.8 Å². The molecule has 3 aromatic rings. The van der Waals surface area contributed by atoms with Crippen LogP contribution in [0.15, 0.2) is 54.6 Å². The van der Waals surface area contributed by atoms with Crippen LogP contribution in [0.4, 0.5) is 23.4 Å². The van der Waals surface area contributed by atoms with Crippen molar-refractivity contribution < 1.29 is 22.7 Å². The highest BCUT2D eigenvalue weighted by Gasteiger charge is 2.40. The molecule has 0 radical (unpaired) electrons. The van der Waals surface area contributed by atoms with E-state index >= 15 is 0 Å². The molecular weight excluding hydrogens is 462 g/mol. The van der Waals surface area contributed by atoms with Crippen LogP contribution < -0.4 is 10.6 Å². The number of para-hydroxylation sites is 1. The molecule has 0 amide bonds. The molecule has 3 N–H and O–H groups in total. The van der Waals surface area contributed by atoms with Crippen molar-refractivity contribution in [1.29, 1.82) is 0 Å². The van der Waals surface area contributed by atoms with Gasteiger partial charge in [-0.2, -0.15) is 18.3 Å². The first kappa shape index (κ1) is 23.8. The van der Waals surface area contributed by atoms with Crippen molar-refractivity contribution in [2.45, 2.75) is 43.8 Å². The summed E-state index contributed by atoms with van der Waals surface area (Å²) < 4.78 is 54.9. The molecule has 2 aromatic carbocycles. The van der Waals surface area contributed by atoms with Crippen molar-refractivity contribution >= 4 is 5.82 Å². The standard InChI is InChI=1S/C25H27F4N5O/c26-17-7-4-6-16(12-17)20-13-33(15-25(27,28)29)14-22(20)30-24(35)31-23-19-10-5-11-21(19)32-34(23)18-8-2-1-3-9-18/h1-4,6-9,12,20,22,24,30-31,35H,5,10-11,13-15H2/t20-,22+,24?/m1/s1. The normalized spacial score (nSPS) is 21.3. The molecule has 5 rings (SSSR count). The van der Waals surface area contributed by atoms with E-state index in [2.05, 4.69) is 10.6 Å². The smallest absolute Gasteiger partial charge is 0.361 e. The largest absolute Gasteiger partial charge is 0.401 e. The number of nitrogens with one attached hydrogen (secondary N) is 2. The summed E-state index contributed by atoms with van der Waals surface area (Å²) in [7, 11) is 0. The Bertz CT molecular complexity index is 1170. The van der Waals surface area contributed by atoms with Crippen molar-refractivity contribution in [1.82, 2.24) is 20.0 Å². The number of halogens is 4. The monoisotopic (exact) mass is 489 g/mol. The van der Waals surface area contributed by atoms with Crippen molar-refractivity contribution in [2.24, 2.45) is 0 Å². The Morgan fingerprint density at radius 3 is 2.60 bits per heavy atom. The fraction of sp³-hybridized carbons (Fsp3) is 0.400. The highest BCUT2D eigenvalue weighted by atomic mass is 19.4. The number of aryl methyl sites for hydroxylation is 1. The van der Waals surface area contributed by atoms with Gasteiger partial charge in [-0.15, -0.1) is 0 Å². The van der Waals surface area contributed by atoms with Crippen molar-refractivity contribution in [3.05, 3.63) is 77.2 Å². The number of likely N-dealkylation sites (tertiary alicyclic amines) is 1. The third-order valence-electron chi connectivity index (χ3n) is 6.63. The maximum Gasteiger partial charge on any atom is 0.401 e. The van der Waals surface area contributed by atoms with Gasteiger partial charge in [-0.05, 0) is 49.1 Å². The predicted octanol–water partition coefficient (Wildman–Crippen LogP) is 3.81. The zero-order valence-electron chi connectivity index (χ0n) is 19.0. The van der Waals surface area contributed by atoms with Crippen molar-refractivity contribution in [3.63, 3.8) is 0 Å². The van der Waals surface area contributed by atoms with Crippen LogP contribution in [0.3, 0.4) is 0 Å². The summed E-state index contributed by atoms with van der Waals surface area (Å²) in [4.78, 5) is 1.28. The second-order valence-electron chi connectivity index (χ2n) is 9.17. The molecule has 1 unspecified atom stereocenters. The molecular formula is C25H27F4N5O. The number of fused-ring (bicyclic) bond motifs is 1. The van der Waals surface area contributed by atoms with Gasteiger partial charge in [0.05, 0.1) is 17.9 Å². The third kappa shape index (κ3) is 5.34. The molecule has 10 heteroatoms. The number of benzene rings is 2. The number of aliphatic hydroxyl groups excluding tert-OH is 1. The van der Waals surface area contributed by atoms with E-state index in [1.807, 2.05) is 30.3 Å². The molecule has 1 aliphatic heterocycles. The molecule has 0 saturated carbocycles. The van der Waals surface area contributed by atoms with E-state index in [0.717, 1.165) is 36.2 Å². The SMILES string of the molecule is OC(Nc1c2c(nn1-c1ccccc1)CCC2)N[C@H]1CN(CC(F)(F)F)C[C@@H]1c1cccc(F)c1. The van der Waals surface area contributed by atoms with Gasteiger partial charge in [0.1, 0.15) is 11.6 Å². The maximum atomic E-state index is 13.9. The summed E-state index contributed by atoms with van der Waals surface area (Å²) in [6.07, 6.45) is -2.94. The molecule has 2 aliphatic rings. The maximum absolute atomic E-state index is 13.9. The molecule has 1 aromatic heterocycles. The number of rotatable bonds is 7. The fourth-order valence-corrected chi connectivity index (χ4v) is 5.18. The molecule has 1 fully saturated rings. The summed E-state index contributed by atoms with van der Waals surface area (Å²) in [5, 5.41) is 21.8. The average Bonchev–Trinajstić information content (AvgIpc) is 3.49. The molecule has 1 aliphatic carbocycles. The lowest BCUT2D eigenvalue weighted by atomic mass is 9.94. The lowest BCUT2D eigenvalue weighted by Crippen LogP contribution is -2.47. The molecule has 2 heterocycles. The first-order chi connectivity index (χ1) is 16.8. The topological polar surface area (TPSA) is 65.3 Å². The lowest BCUT2D eigenvalue weighted by Gasteiger charge is -2.25. The van der Waals surface area contributed by atoms with Gasteiger partial charge in [0, 0.05) is 30.6 Å². The van der Waals surface area contributed by atoms with Crippen LogP contribution >= 0.6 is 0 Å². The number of nitrogens with zero attached hydrogens (tertiary/aromatic N) is 3. The van der Waals surface area contributed by atoms with E-state index in [1.54, 1.807) is 16.8 Å². The predicted molar refractivity (Wildman–Crippen MR) is 124 cm³/mol. The summed E-state index contributed by atoms with van der Waals surface area (Å²) >= 11 is 0. The third-order valence-corrected chi connectivity index (χ3v) is 6.63. The van der Waals surface area contributed by atoms with E-state index < -0.39 is 36.8 Å². The van der Waals surface area contributed by atoms with Crippen LogP contribution in [0, 0.1) is 5.82 Å². The van der Waals surface area contributed by atoms with Crippen LogP contribution in [0.25, 0.3) is 5.69 Å². The van der Waals surface area contributed by atoms with E-state index in [0.29, 0.717) is 11.4 Å². The van der Waals surface area contributed by atoms with Gasteiger partial charge in [0.25, 0.3) is 0 Å². The van der Waals surface area contributed by atoms with E-state index in [9.17, 15) is 22.7 Å². The van der Waals surface area contributed by atoms with Gasteiger partial charge >= 0.3 is 6.18 Å². The van der Waals surface area contributed by atoms with Crippen LogP contribution in [0.5, 0.6) is 0 Å². The van der Waals surface area contributed by atoms with Crippen LogP contribution in [-0.4, -0.2) is 58.0 Å². The molecule has 35 heavy (non-hydrogen) atoms. The molecule has 6 nitrogen and oxygen atoms in total. The number of aromatic nitrogens is 2. The molecule has 0 spiro atoms. The van der Waals surface area contributed by atoms with Gasteiger partial charge in [0.15, 0.2) is 6.35 Å². The van der Waals surface area contributed by atoms with Gasteiger partial charge < -0.3 is 10.4 Å². The van der Waals surface area contributed by atoms with Gasteiger partial charge in [-0.3, -0.25) is 10.2 Å². The average molecular weight is 490 g/mol. The Labute approximate surface area is 200 Å². The van der Waals surface area contributed by atoms with E-state index in [-0.39, 0.29) is 13.1 Å². The Hall–Kier alpha value is -2.95. The minimum atomic E-state index is -4.35.